The van der Waals surface area contributed by atoms with Gasteiger partial charge >= 0.3 is 0 Å². The highest BCUT2D eigenvalue weighted by molar-refractivity contribution is 6.37. The number of ether oxygens (including phenoxy) is 1. The molecule has 0 N–H and O–H groups in total. The number of amides is 1. The van der Waals surface area contributed by atoms with Crippen molar-refractivity contribution < 1.29 is 18.3 Å². The second kappa shape index (κ2) is 9.53. The topological polar surface area (TPSA) is 42.7 Å². The van der Waals surface area contributed by atoms with Gasteiger partial charge < -0.3 is 14.1 Å². The van der Waals surface area contributed by atoms with Crippen molar-refractivity contribution in [2.75, 3.05) is 6.61 Å². The van der Waals surface area contributed by atoms with Crippen LogP contribution < -0.4 is 4.74 Å². The highest BCUT2D eigenvalue weighted by Gasteiger charge is 2.23. The third-order valence-corrected chi connectivity index (χ3v) is 5.07. The van der Waals surface area contributed by atoms with Gasteiger partial charge in [0.15, 0.2) is 5.75 Å². The monoisotopic (exact) mass is 455 g/mol. The van der Waals surface area contributed by atoms with E-state index in [1.807, 2.05) is 0 Å². The van der Waals surface area contributed by atoms with Crippen molar-refractivity contribution in [3.63, 3.8) is 0 Å². The van der Waals surface area contributed by atoms with E-state index >= 15 is 0 Å². The lowest BCUT2D eigenvalue weighted by Crippen LogP contribution is -2.30. The van der Waals surface area contributed by atoms with Crippen molar-refractivity contribution in [1.82, 2.24) is 4.90 Å². The number of carbonyl (C=O) groups is 1. The maximum atomic E-state index is 14.3. The van der Waals surface area contributed by atoms with Crippen LogP contribution in [0.4, 0.5) is 4.39 Å². The van der Waals surface area contributed by atoms with E-state index in [1.165, 1.54) is 35.4 Å². The van der Waals surface area contributed by atoms with E-state index in [0.29, 0.717) is 18.1 Å². The molecule has 0 atom stereocenters. The molecule has 0 bridgehead atoms. The summed E-state index contributed by atoms with van der Waals surface area (Å²) in [6.07, 6.45) is 1.50. The number of nitrogens with zero attached hydrogens (tertiary/aromatic N) is 1. The van der Waals surface area contributed by atoms with E-state index in [9.17, 15) is 9.18 Å². The van der Waals surface area contributed by atoms with Gasteiger partial charge in [0.2, 0.25) is 0 Å². The summed E-state index contributed by atoms with van der Waals surface area (Å²) in [6, 6.07) is 10.7. The first-order valence-electron chi connectivity index (χ1n) is 8.77. The molecule has 4 nitrogen and oxygen atoms in total. The minimum absolute atomic E-state index is 0.0620. The molecule has 1 heterocycles. The van der Waals surface area contributed by atoms with E-state index in [-0.39, 0.29) is 39.3 Å². The fraction of sp³-hybridized carbons (Fsp3) is 0.190. The van der Waals surface area contributed by atoms with Crippen LogP contribution in [0.25, 0.3) is 0 Å². The number of carbonyl (C=O) groups excluding carboxylic acids is 1. The number of hydrogen-bond acceptors (Lipinski definition) is 3. The quantitative estimate of drug-likeness (QED) is 0.401. The van der Waals surface area contributed by atoms with Crippen LogP contribution in [0.2, 0.25) is 15.1 Å². The molecule has 0 aliphatic heterocycles. The van der Waals surface area contributed by atoms with Gasteiger partial charge in [-0.05, 0) is 43.3 Å². The largest absolute Gasteiger partial charge is 0.491 e. The van der Waals surface area contributed by atoms with Gasteiger partial charge in [0.25, 0.3) is 5.91 Å². The van der Waals surface area contributed by atoms with Gasteiger partial charge in [-0.3, -0.25) is 4.79 Å². The molecule has 0 aliphatic rings. The molecule has 8 heteroatoms. The fourth-order valence-electron chi connectivity index (χ4n) is 2.81. The third kappa shape index (κ3) is 5.04. The molecule has 0 saturated carbocycles. The Morgan fingerprint density at radius 3 is 2.38 bits per heavy atom. The summed E-state index contributed by atoms with van der Waals surface area (Å²) < 4.78 is 25.1. The molecule has 0 spiro atoms. The third-order valence-electron chi connectivity index (χ3n) is 4.16. The standard InChI is InChI=1S/C21H17Cl3FNO3/c1-2-28-20-17(23)9-13(10-18(20)24)21(27)26(11-14-5-4-8-29-14)12-15-16(22)6-3-7-19(15)25/h3-10H,2,11-12H2,1H3. The van der Waals surface area contributed by atoms with E-state index in [2.05, 4.69) is 0 Å². The molecule has 29 heavy (non-hydrogen) atoms. The van der Waals surface area contributed by atoms with Crippen LogP contribution in [-0.2, 0) is 13.1 Å². The molecule has 0 radical (unpaired) electrons. The molecule has 0 aliphatic carbocycles. The second-order valence-electron chi connectivity index (χ2n) is 6.14. The first-order valence-corrected chi connectivity index (χ1v) is 9.90. The van der Waals surface area contributed by atoms with Crippen molar-refractivity contribution in [3.05, 3.63) is 86.5 Å². The predicted octanol–water partition coefficient (Wildman–Crippen LogP) is 6.62. The molecular formula is C21H17Cl3FNO3. The number of benzene rings is 2. The smallest absolute Gasteiger partial charge is 0.254 e. The summed E-state index contributed by atoms with van der Waals surface area (Å²) in [4.78, 5) is 14.6. The zero-order chi connectivity index (χ0) is 21.0. The maximum absolute atomic E-state index is 14.3. The fourth-order valence-corrected chi connectivity index (χ4v) is 3.63. The van der Waals surface area contributed by atoms with Crippen molar-refractivity contribution in [3.8, 4) is 5.75 Å². The first-order chi connectivity index (χ1) is 13.9. The van der Waals surface area contributed by atoms with Crippen LogP contribution in [0.3, 0.4) is 0 Å². The van der Waals surface area contributed by atoms with Gasteiger partial charge in [-0.25, -0.2) is 4.39 Å². The Bertz CT molecular complexity index is 965. The average Bonchev–Trinajstić information content (AvgIpc) is 3.19. The SMILES string of the molecule is CCOc1c(Cl)cc(C(=O)N(Cc2ccco2)Cc2c(F)cccc2Cl)cc1Cl. The highest BCUT2D eigenvalue weighted by Crippen LogP contribution is 2.35. The van der Waals surface area contributed by atoms with Crippen LogP contribution >= 0.6 is 34.8 Å². The summed E-state index contributed by atoms with van der Waals surface area (Å²) in [5.41, 5.74) is 0.444. The van der Waals surface area contributed by atoms with Gasteiger partial charge in [-0.2, -0.15) is 0 Å². The van der Waals surface area contributed by atoms with Crippen LogP contribution in [0, 0.1) is 5.82 Å². The molecule has 2 aromatic carbocycles. The van der Waals surface area contributed by atoms with Gasteiger partial charge in [0, 0.05) is 16.1 Å². The van der Waals surface area contributed by atoms with Crippen LogP contribution in [0.15, 0.2) is 53.1 Å². The Labute approximate surface area is 182 Å². The number of furan rings is 1. The summed E-state index contributed by atoms with van der Waals surface area (Å²) in [5, 5.41) is 0.652. The lowest BCUT2D eigenvalue weighted by atomic mass is 10.1. The van der Waals surface area contributed by atoms with Crippen LogP contribution in [0.5, 0.6) is 5.75 Å². The summed E-state index contributed by atoms with van der Waals surface area (Å²) in [5.74, 6) is -0.0684. The lowest BCUT2D eigenvalue weighted by molar-refractivity contribution is 0.0716. The maximum Gasteiger partial charge on any atom is 0.254 e. The summed E-state index contributed by atoms with van der Waals surface area (Å²) >= 11 is 18.6. The minimum atomic E-state index is -0.502. The second-order valence-corrected chi connectivity index (χ2v) is 7.36. The number of rotatable bonds is 7. The van der Waals surface area contributed by atoms with Gasteiger partial charge in [-0.1, -0.05) is 40.9 Å². The summed E-state index contributed by atoms with van der Waals surface area (Å²) in [6.45, 7) is 2.23. The van der Waals surface area contributed by atoms with E-state index < -0.39 is 11.7 Å². The van der Waals surface area contributed by atoms with Crippen molar-refractivity contribution >= 4 is 40.7 Å². The molecule has 1 aromatic heterocycles. The zero-order valence-corrected chi connectivity index (χ0v) is 17.7. The number of hydrogen-bond donors (Lipinski definition) is 0. The van der Waals surface area contributed by atoms with Gasteiger partial charge in [-0.15, -0.1) is 0 Å². The molecule has 0 fully saturated rings. The lowest BCUT2D eigenvalue weighted by Gasteiger charge is -2.23. The van der Waals surface area contributed by atoms with Crippen molar-refractivity contribution in [1.29, 1.82) is 0 Å². The molecule has 0 unspecified atom stereocenters. The Morgan fingerprint density at radius 2 is 1.79 bits per heavy atom. The summed E-state index contributed by atoms with van der Waals surface area (Å²) in [7, 11) is 0. The predicted molar refractivity (Wildman–Crippen MR) is 111 cm³/mol. The Balaban J connectivity index is 1.96. The molecule has 3 rings (SSSR count). The first kappa shape index (κ1) is 21.5. The normalized spacial score (nSPS) is 10.8. The minimum Gasteiger partial charge on any atom is -0.491 e. The highest BCUT2D eigenvalue weighted by atomic mass is 35.5. The molecule has 1 amide bonds. The van der Waals surface area contributed by atoms with Gasteiger partial charge in [0.1, 0.15) is 11.6 Å². The van der Waals surface area contributed by atoms with Crippen molar-refractivity contribution in [2.45, 2.75) is 20.0 Å². The Morgan fingerprint density at radius 1 is 1.07 bits per heavy atom. The Hall–Kier alpha value is -2.21. The molecule has 0 saturated heterocycles. The average molecular weight is 457 g/mol. The van der Waals surface area contributed by atoms with E-state index in [4.69, 9.17) is 44.0 Å². The van der Waals surface area contributed by atoms with Crippen LogP contribution in [-0.4, -0.2) is 17.4 Å². The van der Waals surface area contributed by atoms with E-state index in [1.54, 1.807) is 25.1 Å². The molecular weight excluding hydrogens is 440 g/mol. The Kier molecular flexibility index (Phi) is 7.06. The van der Waals surface area contributed by atoms with Gasteiger partial charge in [0.05, 0.1) is 36.0 Å². The van der Waals surface area contributed by atoms with E-state index in [0.717, 1.165) is 0 Å². The van der Waals surface area contributed by atoms with Crippen molar-refractivity contribution in [2.24, 2.45) is 0 Å². The molecule has 3 aromatic rings. The van der Waals surface area contributed by atoms with Crippen LogP contribution in [0.1, 0.15) is 28.6 Å². The molecule has 152 valence electrons. The zero-order valence-electron chi connectivity index (χ0n) is 15.4. The number of halogens is 4.